The van der Waals surface area contributed by atoms with Crippen molar-refractivity contribution in [3.8, 4) is 0 Å². The average molecular weight is 413 g/mol. The number of alkyl halides is 1. The number of rotatable bonds is 5. The summed E-state index contributed by atoms with van der Waals surface area (Å²) < 4.78 is 2.08. The van der Waals surface area contributed by atoms with Crippen LogP contribution in [0.15, 0.2) is 27.1 Å². The van der Waals surface area contributed by atoms with E-state index in [9.17, 15) is 4.79 Å². The molecule has 0 aromatic heterocycles. The van der Waals surface area contributed by atoms with Crippen molar-refractivity contribution < 1.29 is 4.79 Å². The molecule has 1 nitrogen and oxygen atoms in total. The Morgan fingerprint density at radius 1 is 1.38 bits per heavy atom. The van der Waals surface area contributed by atoms with Crippen molar-refractivity contribution in [3.63, 3.8) is 0 Å². The monoisotopic (exact) mass is 410 g/mol. The maximum atomic E-state index is 11.7. The fraction of sp³-hybridized carbons (Fsp3) is 0.417. The molecule has 1 rings (SSSR count). The first-order valence-corrected chi connectivity index (χ1v) is 7.65. The molecule has 1 atom stereocenters. The van der Waals surface area contributed by atoms with Gasteiger partial charge in [0.1, 0.15) is 5.78 Å². The van der Waals surface area contributed by atoms with E-state index >= 15 is 0 Å². The summed E-state index contributed by atoms with van der Waals surface area (Å²) in [5.74, 6) is 0.273. The van der Waals surface area contributed by atoms with Crippen LogP contribution in [0.5, 0.6) is 0 Å². The lowest BCUT2D eigenvalue weighted by atomic mass is 10.1. The summed E-state index contributed by atoms with van der Waals surface area (Å²) in [6.07, 6.45) is 2.26. The Labute approximate surface area is 121 Å². The number of hydrogen-bond acceptors (Lipinski definition) is 1. The van der Waals surface area contributed by atoms with Gasteiger partial charge in [-0.1, -0.05) is 54.7 Å². The van der Waals surface area contributed by atoms with Crippen LogP contribution in [0.4, 0.5) is 0 Å². The molecule has 16 heavy (non-hydrogen) atoms. The van der Waals surface area contributed by atoms with Crippen molar-refractivity contribution in [2.45, 2.75) is 31.0 Å². The number of halogens is 3. The van der Waals surface area contributed by atoms with Crippen molar-refractivity contribution in [1.82, 2.24) is 0 Å². The smallest absolute Gasteiger partial charge is 0.146 e. The fourth-order valence-corrected chi connectivity index (χ4v) is 2.80. The summed E-state index contributed by atoms with van der Waals surface area (Å²) in [7, 11) is 0. The van der Waals surface area contributed by atoms with Crippen molar-refractivity contribution in [3.05, 3.63) is 32.7 Å². The highest BCUT2D eigenvalue weighted by atomic mass is 79.9. The predicted octanol–water partition coefficient (Wildman–Crippen LogP) is 4.89. The quantitative estimate of drug-likeness (QED) is 0.629. The molecule has 0 aliphatic heterocycles. The number of Topliss-reactive ketones (excluding diaryl/α,β-unsaturated/α-hetero) is 1. The summed E-state index contributed by atoms with van der Waals surface area (Å²) >= 11 is 10.4. The maximum Gasteiger partial charge on any atom is 0.146 e. The summed E-state index contributed by atoms with van der Waals surface area (Å²) in [4.78, 5) is 11.6. The number of hydrogen-bond donors (Lipinski definition) is 0. The lowest BCUT2D eigenvalue weighted by molar-refractivity contribution is -0.118. The highest BCUT2D eigenvalue weighted by Gasteiger charge is 2.15. The second-order valence-electron chi connectivity index (χ2n) is 3.62. The van der Waals surface area contributed by atoms with Crippen molar-refractivity contribution in [2.75, 3.05) is 0 Å². The molecule has 0 radical (unpaired) electrons. The highest BCUT2D eigenvalue weighted by molar-refractivity contribution is 9.11. The van der Waals surface area contributed by atoms with Gasteiger partial charge >= 0.3 is 0 Å². The SMILES string of the molecule is CCCC(=O)C(Br)Cc1cc(Br)ccc1Br. The molecule has 0 heterocycles. The largest absolute Gasteiger partial charge is 0.298 e. The van der Waals surface area contributed by atoms with Crippen LogP contribution in [-0.4, -0.2) is 10.6 Å². The van der Waals surface area contributed by atoms with Gasteiger partial charge in [0.25, 0.3) is 0 Å². The summed E-state index contributed by atoms with van der Waals surface area (Å²) in [5, 5.41) is 0. The topological polar surface area (TPSA) is 17.1 Å². The van der Waals surface area contributed by atoms with Gasteiger partial charge in [-0.15, -0.1) is 0 Å². The van der Waals surface area contributed by atoms with E-state index in [0.717, 1.165) is 27.4 Å². The Morgan fingerprint density at radius 3 is 2.69 bits per heavy atom. The molecule has 1 aromatic rings. The minimum atomic E-state index is -0.0851. The Kier molecular flexibility index (Phi) is 6.22. The van der Waals surface area contributed by atoms with Gasteiger partial charge in [0.15, 0.2) is 0 Å². The van der Waals surface area contributed by atoms with Crippen molar-refractivity contribution >= 4 is 53.6 Å². The van der Waals surface area contributed by atoms with Crippen LogP contribution in [0.2, 0.25) is 0 Å². The zero-order chi connectivity index (χ0) is 12.1. The molecule has 0 saturated carbocycles. The predicted molar refractivity (Wildman–Crippen MR) is 78.2 cm³/mol. The molecule has 88 valence electrons. The molecule has 0 amide bonds. The first-order valence-electron chi connectivity index (χ1n) is 5.15. The van der Waals surface area contributed by atoms with E-state index in [0.29, 0.717) is 6.42 Å². The molecule has 0 bridgehead atoms. The molecule has 1 unspecified atom stereocenters. The summed E-state index contributed by atoms with van der Waals surface area (Å²) in [6, 6.07) is 6.01. The zero-order valence-corrected chi connectivity index (χ0v) is 13.7. The second kappa shape index (κ2) is 6.92. The van der Waals surface area contributed by atoms with Gasteiger partial charge in [-0.25, -0.2) is 0 Å². The van der Waals surface area contributed by atoms with E-state index in [1.165, 1.54) is 0 Å². The molecule has 0 aliphatic carbocycles. The van der Waals surface area contributed by atoms with Crippen LogP contribution in [0.1, 0.15) is 25.3 Å². The van der Waals surface area contributed by atoms with Crippen LogP contribution >= 0.6 is 47.8 Å². The Hall–Kier alpha value is 0.330. The third kappa shape index (κ3) is 4.30. The van der Waals surface area contributed by atoms with Gasteiger partial charge in [0.05, 0.1) is 4.83 Å². The number of carbonyl (C=O) groups is 1. The van der Waals surface area contributed by atoms with Crippen LogP contribution in [0.25, 0.3) is 0 Å². The van der Waals surface area contributed by atoms with Gasteiger partial charge in [0, 0.05) is 15.4 Å². The van der Waals surface area contributed by atoms with Gasteiger partial charge in [-0.2, -0.15) is 0 Å². The fourth-order valence-electron chi connectivity index (χ4n) is 1.41. The van der Waals surface area contributed by atoms with E-state index in [2.05, 4.69) is 47.8 Å². The zero-order valence-electron chi connectivity index (χ0n) is 8.97. The molecular weight excluding hydrogens is 400 g/mol. The molecule has 0 N–H and O–H groups in total. The van der Waals surface area contributed by atoms with Gasteiger partial charge in [0.2, 0.25) is 0 Å². The van der Waals surface area contributed by atoms with Gasteiger partial charge in [-0.05, 0) is 36.6 Å². The lowest BCUT2D eigenvalue weighted by Crippen LogP contribution is -2.16. The number of ketones is 1. The van der Waals surface area contributed by atoms with Gasteiger partial charge in [-0.3, -0.25) is 4.79 Å². The molecular formula is C12H13Br3O. The summed E-state index contributed by atoms with van der Waals surface area (Å²) in [6.45, 7) is 2.02. The molecule has 1 aromatic carbocycles. The van der Waals surface area contributed by atoms with Crippen molar-refractivity contribution in [2.24, 2.45) is 0 Å². The lowest BCUT2D eigenvalue weighted by Gasteiger charge is -2.10. The first kappa shape index (κ1) is 14.4. The Morgan fingerprint density at radius 2 is 2.06 bits per heavy atom. The standard InChI is InChI=1S/C12H13Br3O/c1-2-3-12(16)11(15)7-8-6-9(13)4-5-10(8)14/h4-6,11H,2-3,7H2,1H3. The first-order chi connectivity index (χ1) is 7.54. The maximum absolute atomic E-state index is 11.7. The van der Waals surface area contributed by atoms with Gasteiger partial charge < -0.3 is 0 Å². The van der Waals surface area contributed by atoms with Crippen LogP contribution in [0.3, 0.4) is 0 Å². The van der Waals surface area contributed by atoms with Crippen LogP contribution < -0.4 is 0 Å². The second-order valence-corrected chi connectivity index (χ2v) is 6.50. The third-order valence-electron chi connectivity index (χ3n) is 2.25. The van der Waals surface area contributed by atoms with Crippen LogP contribution in [0, 0.1) is 0 Å². The number of benzene rings is 1. The van der Waals surface area contributed by atoms with E-state index in [4.69, 9.17) is 0 Å². The number of carbonyl (C=O) groups excluding carboxylic acids is 1. The minimum Gasteiger partial charge on any atom is -0.298 e. The molecule has 0 aliphatic rings. The molecule has 0 spiro atoms. The third-order valence-corrected chi connectivity index (χ3v) is 4.35. The summed E-state index contributed by atoms with van der Waals surface area (Å²) in [5.41, 5.74) is 1.14. The van der Waals surface area contributed by atoms with Crippen molar-refractivity contribution in [1.29, 1.82) is 0 Å². The van der Waals surface area contributed by atoms with Crippen LogP contribution in [-0.2, 0) is 11.2 Å². The van der Waals surface area contributed by atoms with E-state index in [-0.39, 0.29) is 10.6 Å². The highest BCUT2D eigenvalue weighted by Crippen LogP contribution is 2.24. The molecule has 0 fully saturated rings. The molecule has 0 saturated heterocycles. The molecule has 4 heteroatoms. The minimum absolute atomic E-state index is 0.0851. The van der Waals surface area contributed by atoms with E-state index in [1.54, 1.807) is 0 Å². The van der Waals surface area contributed by atoms with E-state index < -0.39 is 0 Å². The van der Waals surface area contributed by atoms with E-state index in [1.807, 2.05) is 25.1 Å². The normalized spacial score (nSPS) is 12.5. The Balaban J connectivity index is 2.72. The average Bonchev–Trinajstić information content (AvgIpc) is 2.23. The Bertz CT molecular complexity index is 377.